The average molecular weight is 253 g/mol. The fourth-order valence-corrected chi connectivity index (χ4v) is 2.97. The lowest BCUT2D eigenvalue weighted by molar-refractivity contribution is -0.135. The molecule has 5 nitrogen and oxygen atoms in total. The molecule has 2 saturated heterocycles. The minimum absolute atomic E-state index is 0.0221. The van der Waals surface area contributed by atoms with Crippen molar-refractivity contribution in [3.8, 4) is 0 Å². The summed E-state index contributed by atoms with van der Waals surface area (Å²) in [5.41, 5.74) is 0. The summed E-state index contributed by atoms with van der Waals surface area (Å²) < 4.78 is 0. The zero-order valence-electron chi connectivity index (χ0n) is 11.1. The van der Waals surface area contributed by atoms with Crippen LogP contribution in [0.3, 0.4) is 0 Å². The molecule has 0 aromatic rings. The second-order valence-electron chi connectivity index (χ2n) is 5.21. The van der Waals surface area contributed by atoms with E-state index in [2.05, 4.69) is 10.6 Å². The molecule has 0 aliphatic carbocycles. The van der Waals surface area contributed by atoms with E-state index in [0.717, 1.165) is 38.8 Å². The average Bonchev–Trinajstić information content (AvgIpc) is 2.60. The van der Waals surface area contributed by atoms with E-state index in [9.17, 15) is 9.59 Å². The first-order valence-electron chi connectivity index (χ1n) is 7.01. The summed E-state index contributed by atoms with van der Waals surface area (Å²) in [5, 5.41) is 6.09. The first-order valence-corrected chi connectivity index (χ1v) is 7.01. The molecular formula is C13H23N3O2. The normalized spacial score (nSPS) is 26.8. The molecule has 0 spiro atoms. The van der Waals surface area contributed by atoms with Gasteiger partial charge in [0.2, 0.25) is 11.8 Å². The van der Waals surface area contributed by atoms with Gasteiger partial charge >= 0.3 is 0 Å². The summed E-state index contributed by atoms with van der Waals surface area (Å²) in [4.78, 5) is 25.6. The standard InChI is InChI=1S/C13H23N3O2/c1-2-3-12(17)15-9-13(18)16-10-4-5-11(16)8-14-7-6-10/h10-11,14H,2-9H2,1H3,(H,15,17). The Kier molecular flexibility index (Phi) is 4.58. The number of carbonyl (C=O) groups is 2. The van der Waals surface area contributed by atoms with Gasteiger partial charge < -0.3 is 15.5 Å². The third kappa shape index (κ3) is 3.02. The van der Waals surface area contributed by atoms with Crippen molar-refractivity contribution in [2.24, 2.45) is 0 Å². The van der Waals surface area contributed by atoms with Gasteiger partial charge in [-0.15, -0.1) is 0 Å². The molecule has 0 aromatic heterocycles. The maximum Gasteiger partial charge on any atom is 0.242 e. The highest BCUT2D eigenvalue weighted by atomic mass is 16.2. The Balaban J connectivity index is 1.86. The van der Waals surface area contributed by atoms with Crippen LogP contribution in [0, 0.1) is 0 Å². The molecule has 2 amide bonds. The van der Waals surface area contributed by atoms with Crippen LogP contribution in [0.25, 0.3) is 0 Å². The molecule has 0 saturated carbocycles. The minimum atomic E-state index is -0.0221. The van der Waals surface area contributed by atoms with Crippen molar-refractivity contribution in [2.45, 2.75) is 51.1 Å². The Hall–Kier alpha value is -1.10. The zero-order chi connectivity index (χ0) is 13.0. The molecule has 2 unspecified atom stereocenters. The van der Waals surface area contributed by atoms with E-state index in [4.69, 9.17) is 0 Å². The molecule has 2 rings (SSSR count). The third-order valence-corrected chi connectivity index (χ3v) is 3.86. The first-order chi connectivity index (χ1) is 8.72. The summed E-state index contributed by atoms with van der Waals surface area (Å²) in [7, 11) is 0. The SMILES string of the molecule is CCCC(=O)NCC(=O)N1C2CCNCC1CC2. The Morgan fingerprint density at radius 1 is 1.28 bits per heavy atom. The zero-order valence-corrected chi connectivity index (χ0v) is 11.1. The molecule has 0 aromatic carbocycles. The Morgan fingerprint density at radius 3 is 2.83 bits per heavy atom. The molecule has 102 valence electrons. The van der Waals surface area contributed by atoms with Crippen LogP contribution in [-0.4, -0.2) is 48.4 Å². The van der Waals surface area contributed by atoms with Crippen molar-refractivity contribution in [2.75, 3.05) is 19.6 Å². The van der Waals surface area contributed by atoms with Crippen LogP contribution >= 0.6 is 0 Å². The van der Waals surface area contributed by atoms with Crippen LogP contribution < -0.4 is 10.6 Å². The number of hydrogen-bond donors (Lipinski definition) is 2. The summed E-state index contributed by atoms with van der Waals surface area (Å²) in [6, 6.07) is 0.702. The Labute approximate surface area is 108 Å². The van der Waals surface area contributed by atoms with Crippen LogP contribution in [0.15, 0.2) is 0 Å². The Morgan fingerprint density at radius 2 is 2.06 bits per heavy atom. The summed E-state index contributed by atoms with van der Waals surface area (Å²) in [5.74, 6) is 0.0572. The van der Waals surface area contributed by atoms with Crippen LogP contribution in [0.2, 0.25) is 0 Å². The Bertz CT molecular complexity index is 305. The summed E-state index contributed by atoms with van der Waals surface area (Å²) >= 11 is 0. The number of carbonyl (C=O) groups excluding carboxylic acids is 2. The van der Waals surface area contributed by atoms with Crippen molar-refractivity contribution in [1.82, 2.24) is 15.5 Å². The van der Waals surface area contributed by atoms with E-state index in [0.29, 0.717) is 18.5 Å². The third-order valence-electron chi connectivity index (χ3n) is 3.86. The fraction of sp³-hybridized carbons (Fsp3) is 0.846. The molecule has 2 bridgehead atoms. The first kappa shape index (κ1) is 13.3. The van der Waals surface area contributed by atoms with Gasteiger partial charge in [-0.25, -0.2) is 0 Å². The molecule has 0 radical (unpaired) electrons. The predicted molar refractivity (Wildman–Crippen MR) is 69.1 cm³/mol. The van der Waals surface area contributed by atoms with Crippen molar-refractivity contribution < 1.29 is 9.59 Å². The molecule has 2 heterocycles. The van der Waals surface area contributed by atoms with Gasteiger partial charge in [-0.1, -0.05) is 6.92 Å². The van der Waals surface area contributed by atoms with Gasteiger partial charge in [0.25, 0.3) is 0 Å². The lowest BCUT2D eigenvalue weighted by Crippen LogP contribution is -2.47. The number of nitrogens with one attached hydrogen (secondary N) is 2. The van der Waals surface area contributed by atoms with Crippen LogP contribution in [-0.2, 0) is 9.59 Å². The number of fused-ring (bicyclic) bond motifs is 2. The molecule has 2 fully saturated rings. The van der Waals surface area contributed by atoms with Gasteiger partial charge in [0.05, 0.1) is 6.54 Å². The number of amides is 2. The second kappa shape index (κ2) is 6.18. The molecule has 5 heteroatoms. The molecule has 2 aliphatic rings. The number of nitrogens with zero attached hydrogens (tertiary/aromatic N) is 1. The van der Waals surface area contributed by atoms with Gasteiger partial charge in [-0.2, -0.15) is 0 Å². The van der Waals surface area contributed by atoms with Crippen molar-refractivity contribution in [3.05, 3.63) is 0 Å². The van der Waals surface area contributed by atoms with Crippen LogP contribution in [0.4, 0.5) is 0 Å². The van der Waals surface area contributed by atoms with Gasteiger partial charge in [-0.3, -0.25) is 9.59 Å². The van der Waals surface area contributed by atoms with Crippen molar-refractivity contribution >= 4 is 11.8 Å². The molecule has 2 aliphatic heterocycles. The van der Waals surface area contributed by atoms with Gasteiger partial charge in [0, 0.05) is 25.0 Å². The highest BCUT2D eigenvalue weighted by molar-refractivity contribution is 5.85. The molecular weight excluding hydrogens is 230 g/mol. The fourth-order valence-electron chi connectivity index (χ4n) is 2.97. The van der Waals surface area contributed by atoms with Gasteiger partial charge in [-0.05, 0) is 32.2 Å². The second-order valence-corrected chi connectivity index (χ2v) is 5.21. The van der Waals surface area contributed by atoms with E-state index in [1.54, 1.807) is 0 Å². The topological polar surface area (TPSA) is 61.4 Å². The summed E-state index contributed by atoms with van der Waals surface area (Å²) in [6.45, 7) is 4.01. The minimum Gasteiger partial charge on any atom is -0.347 e. The van der Waals surface area contributed by atoms with Crippen molar-refractivity contribution in [1.29, 1.82) is 0 Å². The monoisotopic (exact) mass is 253 g/mol. The number of rotatable bonds is 4. The summed E-state index contributed by atoms with van der Waals surface area (Å²) in [6.07, 6.45) is 4.55. The van der Waals surface area contributed by atoms with E-state index >= 15 is 0 Å². The van der Waals surface area contributed by atoms with Gasteiger partial charge in [0.15, 0.2) is 0 Å². The highest BCUT2D eigenvalue weighted by Gasteiger charge is 2.37. The molecule has 18 heavy (non-hydrogen) atoms. The van der Waals surface area contributed by atoms with Crippen LogP contribution in [0.1, 0.15) is 39.0 Å². The number of hydrogen-bond acceptors (Lipinski definition) is 3. The van der Waals surface area contributed by atoms with E-state index in [1.807, 2.05) is 11.8 Å². The molecule has 2 atom stereocenters. The van der Waals surface area contributed by atoms with Crippen LogP contribution in [0.5, 0.6) is 0 Å². The lowest BCUT2D eigenvalue weighted by atomic mass is 10.1. The lowest BCUT2D eigenvalue weighted by Gasteiger charge is -2.28. The maximum absolute atomic E-state index is 12.2. The largest absolute Gasteiger partial charge is 0.347 e. The van der Waals surface area contributed by atoms with Crippen molar-refractivity contribution in [3.63, 3.8) is 0 Å². The predicted octanol–water partition coefficient (Wildman–Crippen LogP) is 0.256. The smallest absolute Gasteiger partial charge is 0.242 e. The maximum atomic E-state index is 12.2. The highest BCUT2D eigenvalue weighted by Crippen LogP contribution is 2.27. The van der Waals surface area contributed by atoms with E-state index < -0.39 is 0 Å². The quantitative estimate of drug-likeness (QED) is 0.755. The van der Waals surface area contributed by atoms with E-state index in [-0.39, 0.29) is 18.4 Å². The molecule has 2 N–H and O–H groups in total. The van der Waals surface area contributed by atoms with Gasteiger partial charge in [0.1, 0.15) is 0 Å². The van der Waals surface area contributed by atoms with E-state index in [1.165, 1.54) is 0 Å².